The molecule has 0 aliphatic heterocycles. The lowest BCUT2D eigenvalue weighted by molar-refractivity contribution is -0.384. The average Bonchev–Trinajstić information content (AvgIpc) is 3.15. The quantitative estimate of drug-likeness (QED) is 0.334. The number of nitro groups is 1. The van der Waals surface area contributed by atoms with Gasteiger partial charge >= 0.3 is 0 Å². The molecule has 2 aromatic carbocycles. The fourth-order valence-corrected chi connectivity index (χ4v) is 3.22. The summed E-state index contributed by atoms with van der Waals surface area (Å²) in [7, 11) is 0. The number of nitrogens with one attached hydrogen (secondary N) is 1. The molecule has 28 heavy (non-hydrogen) atoms. The molecular weight excluding hydrogens is 378 g/mol. The molecule has 0 aliphatic carbocycles. The number of benzene rings is 2. The van der Waals surface area contributed by atoms with Crippen LogP contribution in [0.2, 0.25) is 0 Å². The van der Waals surface area contributed by atoms with Crippen LogP contribution in [-0.2, 0) is 4.79 Å². The van der Waals surface area contributed by atoms with Gasteiger partial charge in [0.25, 0.3) is 5.69 Å². The molecule has 3 aromatic rings. The highest BCUT2D eigenvalue weighted by Gasteiger charge is 2.11. The number of nitro benzene ring substituents is 1. The molecule has 0 bridgehead atoms. The van der Waals surface area contributed by atoms with Crippen molar-refractivity contribution in [3.63, 3.8) is 0 Å². The number of thiazole rings is 1. The number of aromatic nitrogens is 1. The van der Waals surface area contributed by atoms with Gasteiger partial charge in [0, 0.05) is 29.5 Å². The maximum atomic E-state index is 12.1. The normalized spacial score (nSPS) is 10.5. The van der Waals surface area contributed by atoms with Crippen molar-refractivity contribution in [2.45, 2.75) is 19.8 Å². The third-order valence-electron chi connectivity index (χ3n) is 3.94. The Morgan fingerprint density at radius 1 is 1.25 bits per heavy atom. The number of hydrogen-bond donors (Lipinski definition) is 1. The molecule has 144 valence electrons. The van der Waals surface area contributed by atoms with E-state index in [4.69, 9.17) is 4.74 Å². The highest BCUT2D eigenvalue weighted by Crippen LogP contribution is 2.27. The number of aryl methyl sites for hydroxylation is 1. The minimum absolute atomic E-state index is 0.00432. The van der Waals surface area contributed by atoms with Crippen LogP contribution in [0.15, 0.2) is 53.9 Å². The third kappa shape index (κ3) is 5.37. The summed E-state index contributed by atoms with van der Waals surface area (Å²) < 4.78 is 5.61. The van der Waals surface area contributed by atoms with E-state index >= 15 is 0 Å². The summed E-state index contributed by atoms with van der Waals surface area (Å²) in [4.78, 5) is 26.8. The first-order valence-corrected chi connectivity index (χ1v) is 9.59. The van der Waals surface area contributed by atoms with Crippen LogP contribution in [0, 0.1) is 17.0 Å². The Morgan fingerprint density at radius 3 is 2.79 bits per heavy atom. The molecule has 0 atom stereocenters. The number of amides is 1. The smallest absolute Gasteiger partial charge is 0.270 e. The summed E-state index contributed by atoms with van der Waals surface area (Å²) in [6, 6.07) is 14.0. The Kier molecular flexibility index (Phi) is 6.33. The first-order chi connectivity index (χ1) is 13.5. The second-order valence-corrected chi connectivity index (χ2v) is 7.02. The van der Waals surface area contributed by atoms with E-state index in [1.54, 1.807) is 17.5 Å². The average molecular weight is 397 g/mol. The van der Waals surface area contributed by atoms with Crippen molar-refractivity contribution < 1.29 is 14.5 Å². The van der Waals surface area contributed by atoms with Crippen LogP contribution >= 0.6 is 11.3 Å². The van der Waals surface area contributed by atoms with Crippen molar-refractivity contribution in [3.05, 3.63) is 69.6 Å². The summed E-state index contributed by atoms with van der Waals surface area (Å²) in [6.45, 7) is 2.46. The van der Waals surface area contributed by atoms with Gasteiger partial charge in [-0.05, 0) is 25.5 Å². The number of ether oxygens (including phenoxy) is 1. The lowest BCUT2D eigenvalue weighted by Crippen LogP contribution is -2.12. The largest absolute Gasteiger partial charge is 0.494 e. The zero-order valence-electron chi connectivity index (χ0n) is 15.3. The van der Waals surface area contributed by atoms with Gasteiger partial charge in [0.05, 0.1) is 17.2 Å². The van der Waals surface area contributed by atoms with Crippen LogP contribution in [0.4, 0.5) is 10.8 Å². The van der Waals surface area contributed by atoms with Crippen LogP contribution in [0.3, 0.4) is 0 Å². The summed E-state index contributed by atoms with van der Waals surface area (Å²) in [5.41, 5.74) is 2.40. The van der Waals surface area contributed by atoms with E-state index in [0.717, 1.165) is 5.75 Å². The predicted molar refractivity (Wildman–Crippen MR) is 109 cm³/mol. The molecule has 0 unspecified atom stereocenters. The van der Waals surface area contributed by atoms with E-state index in [-0.39, 0.29) is 11.6 Å². The molecular formula is C20H19N3O4S. The number of carbonyl (C=O) groups excluding carboxylic acids is 1. The van der Waals surface area contributed by atoms with Crippen molar-refractivity contribution in [1.29, 1.82) is 0 Å². The Labute approximate surface area is 166 Å². The Morgan fingerprint density at radius 2 is 2.04 bits per heavy atom. The number of nitrogens with zero attached hydrogens (tertiary/aromatic N) is 2. The van der Waals surface area contributed by atoms with E-state index in [2.05, 4.69) is 10.3 Å². The van der Waals surface area contributed by atoms with Gasteiger partial charge in [-0.25, -0.2) is 4.98 Å². The second kappa shape index (κ2) is 9.09. The van der Waals surface area contributed by atoms with Gasteiger partial charge in [0.15, 0.2) is 5.13 Å². The number of non-ortho nitro benzene ring substituents is 1. The molecule has 1 heterocycles. The number of carbonyl (C=O) groups is 1. The van der Waals surface area contributed by atoms with Gasteiger partial charge in [0.1, 0.15) is 5.75 Å². The van der Waals surface area contributed by atoms with Gasteiger partial charge < -0.3 is 10.1 Å². The molecule has 0 aliphatic rings. The van der Waals surface area contributed by atoms with Crippen molar-refractivity contribution >= 4 is 28.1 Å². The third-order valence-corrected chi connectivity index (χ3v) is 4.70. The highest BCUT2D eigenvalue weighted by molar-refractivity contribution is 7.14. The molecule has 0 spiro atoms. The van der Waals surface area contributed by atoms with Crippen LogP contribution < -0.4 is 10.1 Å². The van der Waals surface area contributed by atoms with Crippen molar-refractivity contribution in [1.82, 2.24) is 4.98 Å². The number of anilines is 1. The van der Waals surface area contributed by atoms with Crippen LogP contribution in [0.1, 0.15) is 18.4 Å². The molecule has 0 fully saturated rings. The Hall–Kier alpha value is -3.26. The molecule has 0 radical (unpaired) electrons. The maximum absolute atomic E-state index is 12.1. The fourth-order valence-electron chi connectivity index (χ4n) is 2.48. The van der Waals surface area contributed by atoms with Gasteiger partial charge in [-0.1, -0.05) is 29.8 Å². The first kappa shape index (κ1) is 19.5. The predicted octanol–water partition coefficient (Wildman–Crippen LogP) is 4.82. The summed E-state index contributed by atoms with van der Waals surface area (Å²) in [5, 5.41) is 15.9. The monoisotopic (exact) mass is 397 g/mol. The van der Waals surface area contributed by atoms with Gasteiger partial charge in [-0.2, -0.15) is 0 Å². The molecule has 0 saturated heterocycles. The van der Waals surface area contributed by atoms with Crippen molar-refractivity contribution in [2.75, 3.05) is 11.9 Å². The first-order valence-electron chi connectivity index (χ1n) is 8.71. The van der Waals surface area contributed by atoms with Crippen LogP contribution in [-0.4, -0.2) is 22.4 Å². The van der Waals surface area contributed by atoms with E-state index < -0.39 is 4.92 Å². The minimum atomic E-state index is -0.447. The minimum Gasteiger partial charge on any atom is -0.494 e. The van der Waals surface area contributed by atoms with Gasteiger partial charge in [-0.15, -0.1) is 11.3 Å². The van der Waals surface area contributed by atoms with Crippen LogP contribution in [0.5, 0.6) is 5.75 Å². The summed E-state index contributed by atoms with van der Waals surface area (Å²) in [6.07, 6.45) is 0.903. The van der Waals surface area contributed by atoms with Gasteiger partial charge in [0.2, 0.25) is 5.91 Å². The maximum Gasteiger partial charge on any atom is 0.270 e. The fraction of sp³-hybridized carbons (Fsp3) is 0.200. The van der Waals surface area contributed by atoms with E-state index in [9.17, 15) is 14.9 Å². The van der Waals surface area contributed by atoms with E-state index in [1.807, 2.05) is 31.2 Å². The lowest BCUT2D eigenvalue weighted by atomic mass is 10.1. The Bertz CT molecular complexity index is 970. The molecule has 0 saturated carbocycles. The number of hydrogen-bond acceptors (Lipinski definition) is 6. The molecule has 1 amide bonds. The zero-order chi connectivity index (χ0) is 19.9. The summed E-state index contributed by atoms with van der Waals surface area (Å²) >= 11 is 1.28. The molecule has 1 N–H and O–H groups in total. The topological polar surface area (TPSA) is 94.4 Å². The van der Waals surface area contributed by atoms with Gasteiger partial charge in [-0.3, -0.25) is 14.9 Å². The van der Waals surface area contributed by atoms with Crippen LogP contribution in [0.25, 0.3) is 11.3 Å². The van der Waals surface area contributed by atoms with E-state index in [1.165, 1.54) is 29.0 Å². The lowest BCUT2D eigenvalue weighted by Gasteiger charge is -2.06. The zero-order valence-corrected chi connectivity index (χ0v) is 16.1. The second-order valence-electron chi connectivity index (χ2n) is 6.16. The van der Waals surface area contributed by atoms with Crippen molar-refractivity contribution in [3.8, 4) is 17.0 Å². The van der Waals surface area contributed by atoms with E-state index in [0.29, 0.717) is 35.8 Å². The standard InChI is InChI=1S/C20H19N3O4S/c1-14-7-9-17(10-8-14)27-11-3-6-19(24)22-20-21-18(13-28-20)15-4-2-5-16(12-15)23(25)26/h2,4-5,7-10,12-13H,3,6,11H2,1H3,(H,21,22,24). The molecule has 8 heteroatoms. The SMILES string of the molecule is Cc1ccc(OCCCC(=O)Nc2nc(-c3cccc([N+](=O)[O-])c3)cs2)cc1. The molecule has 3 rings (SSSR count). The molecule has 1 aromatic heterocycles. The Balaban J connectivity index is 1.48. The molecule has 7 nitrogen and oxygen atoms in total. The van der Waals surface area contributed by atoms with Crippen molar-refractivity contribution in [2.24, 2.45) is 0 Å². The highest BCUT2D eigenvalue weighted by atomic mass is 32.1. The summed E-state index contributed by atoms with van der Waals surface area (Å²) in [5.74, 6) is 0.639. The number of rotatable bonds is 8.